The molecular weight excluding hydrogens is 206 g/mol. The van der Waals surface area contributed by atoms with Gasteiger partial charge in [-0.05, 0) is 12.1 Å². The minimum atomic E-state index is -0.471. The smallest absolute Gasteiger partial charge is 0.338 e. The molecule has 0 saturated heterocycles. The van der Waals surface area contributed by atoms with Gasteiger partial charge in [0, 0.05) is 5.39 Å². The zero-order valence-corrected chi connectivity index (χ0v) is 8.64. The normalized spacial score (nSPS) is 10.1. The Morgan fingerprint density at radius 1 is 1.38 bits per heavy atom. The van der Waals surface area contributed by atoms with Gasteiger partial charge in [-0.1, -0.05) is 18.2 Å². The van der Waals surface area contributed by atoms with E-state index in [1.807, 2.05) is 0 Å². The molecule has 4 heteroatoms. The van der Waals surface area contributed by atoms with Gasteiger partial charge in [0.2, 0.25) is 0 Å². The number of carbonyl (C=O) groups is 2. The van der Waals surface area contributed by atoms with E-state index < -0.39 is 5.97 Å². The molecule has 0 unspecified atom stereocenters. The van der Waals surface area contributed by atoms with E-state index in [0.29, 0.717) is 22.8 Å². The molecule has 4 nitrogen and oxygen atoms in total. The Labute approximate surface area is 91.9 Å². The number of benzene rings is 1. The summed E-state index contributed by atoms with van der Waals surface area (Å²) in [7, 11) is 1.30. The van der Waals surface area contributed by atoms with Crippen LogP contribution in [0, 0.1) is 0 Å². The lowest BCUT2D eigenvalue weighted by molar-refractivity contribution is 0.0603. The van der Waals surface area contributed by atoms with Crippen molar-refractivity contribution in [1.29, 1.82) is 0 Å². The SMILES string of the molecule is COC(=O)c1cc(C=O)nc2ccccc12. The lowest BCUT2D eigenvalue weighted by atomic mass is 10.1. The van der Waals surface area contributed by atoms with Gasteiger partial charge in [0.1, 0.15) is 5.69 Å². The summed E-state index contributed by atoms with van der Waals surface area (Å²) in [5.41, 5.74) is 1.18. The number of para-hydroxylation sites is 1. The highest BCUT2D eigenvalue weighted by Crippen LogP contribution is 2.18. The number of nitrogens with zero attached hydrogens (tertiary/aromatic N) is 1. The highest BCUT2D eigenvalue weighted by atomic mass is 16.5. The summed E-state index contributed by atoms with van der Waals surface area (Å²) in [6.45, 7) is 0. The van der Waals surface area contributed by atoms with Crippen LogP contribution in [0.3, 0.4) is 0 Å². The van der Waals surface area contributed by atoms with E-state index in [9.17, 15) is 9.59 Å². The predicted octanol–water partition coefficient (Wildman–Crippen LogP) is 1.83. The van der Waals surface area contributed by atoms with Crippen LogP contribution in [-0.2, 0) is 4.74 Å². The molecule has 2 aromatic rings. The summed E-state index contributed by atoms with van der Waals surface area (Å²) in [4.78, 5) is 26.3. The van der Waals surface area contributed by atoms with Crippen molar-refractivity contribution in [3.63, 3.8) is 0 Å². The van der Waals surface area contributed by atoms with Gasteiger partial charge >= 0.3 is 5.97 Å². The molecule has 0 aliphatic rings. The fraction of sp³-hybridized carbons (Fsp3) is 0.0833. The number of carbonyl (C=O) groups excluding carboxylic acids is 2. The van der Waals surface area contributed by atoms with Gasteiger partial charge in [-0.3, -0.25) is 4.79 Å². The van der Waals surface area contributed by atoms with Crippen molar-refractivity contribution in [3.8, 4) is 0 Å². The third-order valence-electron chi connectivity index (χ3n) is 2.26. The molecule has 0 amide bonds. The molecule has 0 bridgehead atoms. The Hall–Kier alpha value is -2.23. The van der Waals surface area contributed by atoms with Gasteiger partial charge in [0.15, 0.2) is 6.29 Å². The topological polar surface area (TPSA) is 56.3 Å². The summed E-state index contributed by atoms with van der Waals surface area (Å²) >= 11 is 0. The van der Waals surface area contributed by atoms with Gasteiger partial charge in [0.25, 0.3) is 0 Å². The van der Waals surface area contributed by atoms with Crippen LogP contribution in [0.4, 0.5) is 0 Å². The molecule has 0 saturated carbocycles. The molecule has 2 rings (SSSR count). The first kappa shape index (κ1) is 10.3. The average molecular weight is 215 g/mol. The third kappa shape index (κ3) is 1.65. The van der Waals surface area contributed by atoms with E-state index in [1.165, 1.54) is 13.2 Å². The van der Waals surface area contributed by atoms with Crippen molar-refractivity contribution in [2.45, 2.75) is 0 Å². The number of pyridine rings is 1. The van der Waals surface area contributed by atoms with Crippen molar-refractivity contribution < 1.29 is 14.3 Å². The summed E-state index contributed by atoms with van der Waals surface area (Å²) in [5, 5.41) is 0.681. The fourth-order valence-corrected chi connectivity index (χ4v) is 1.54. The standard InChI is InChI=1S/C12H9NO3/c1-16-12(15)10-6-8(7-14)13-11-5-3-2-4-9(10)11/h2-7H,1H3. The van der Waals surface area contributed by atoms with E-state index in [4.69, 9.17) is 0 Å². The van der Waals surface area contributed by atoms with Crippen molar-refractivity contribution in [3.05, 3.63) is 41.6 Å². The molecule has 0 radical (unpaired) electrons. The fourth-order valence-electron chi connectivity index (χ4n) is 1.54. The Kier molecular flexibility index (Phi) is 2.64. The predicted molar refractivity (Wildman–Crippen MR) is 58.5 cm³/mol. The van der Waals surface area contributed by atoms with Crippen molar-refractivity contribution >= 4 is 23.2 Å². The van der Waals surface area contributed by atoms with Crippen molar-refractivity contribution in [1.82, 2.24) is 4.98 Å². The number of fused-ring (bicyclic) bond motifs is 1. The van der Waals surface area contributed by atoms with Crippen LogP contribution in [0.5, 0.6) is 0 Å². The van der Waals surface area contributed by atoms with E-state index >= 15 is 0 Å². The van der Waals surface area contributed by atoms with Gasteiger partial charge < -0.3 is 4.74 Å². The summed E-state index contributed by atoms with van der Waals surface area (Å²) in [5.74, 6) is -0.471. The third-order valence-corrected chi connectivity index (χ3v) is 2.26. The van der Waals surface area contributed by atoms with Gasteiger partial charge in [-0.15, -0.1) is 0 Å². The summed E-state index contributed by atoms with van der Waals surface area (Å²) < 4.78 is 4.66. The maximum atomic E-state index is 11.5. The molecule has 0 spiro atoms. The van der Waals surface area contributed by atoms with Crippen LogP contribution in [0.25, 0.3) is 10.9 Å². The molecule has 80 valence electrons. The second-order valence-electron chi connectivity index (χ2n) is 3.22. The Morgan fingerprint density at radius 3 is 2.81 bits per heavy atom. The summed E-state index contributed by atoms with van der Waals surface area (Å²) in [6, 6.07) is 8.54. The van der Waals surface area contributed by atoms with Gasteiger partial charge in [0.05, 0.1) is 18.2 Å². The maximum absolute atomic E-state index is 11.5. The van der Waals surface area contributed by atoms with Crippen molar-refractivity contribution in [2.75, 3.05) is 7.11 Å². The van der Waals surface area contributed by atoms with E-state index in [-0.39, 0.29) is 5.69 Å². The zero-order chi connectivity index (χ0) is 11.5. The van der Waals surface area contributed by atoms with Crippen LogP contribution in [0.15, 0.2) is 30.3 Å². The van der Waals surface area contributed by atoms with Crippen LogP contribution < -0.4 is 0 Å². The first-order chi connectivity index (χ1) is 7.76. The number of esters is 1. The second-order valence-corrected chi connectivity index (χ2v) is 3.22. The highest BCUT2D eigenvalue weighted by molar-refractivity contribution is 6.04. The lowest BCUT2D eigenvalue weighted by Gasteiger charge is -2.04. The Morgan fingerprint density at radius 2 is 2.12 bits per heavy atom. The van der Waals surface area contributed by atoms with Crippen LogP contribution in [0.2, 0.25) is 0 Å². The minimum Gasteiger partial charge on any atom is -0.465 e. The first-order valence-corrected chi connectivity index (χ1v) is 4.69. The van der Waals surface area contributed by atoms with Crippen LogP contribution >= 0.6 is 0 Å². The Bertz CT molecular complexity index is 563. The van der Waals surface area contributed by atoms with E-state index in [2.05, 4.69) is 9.72 Å². The quantitative estimate of drug-likeness (QED) is 0.566. The van der Waals surface area contributed by atoms with Crippen LogP contribution in [-0.4, -0.2) is 24.3 Å². The molecule has 0 fully saturated rings. The largest absolute Gasteiger partial charge is 0.465 e. The molecule has 16 heavy (non-hydrogen) atoms. The highest BCUT2D eigenvalue weighted by Gasteiger charge is 2.12. The molecule has 1 aromatic carbocycles. The molecule has 1 aromatic heterocycles. The first-order valence-electron chi connectivity index (χ1n) is 4.69. The number of methoxy groups -OCH3 is 1. The maximum Gasteiger partial charge on any atom is 0.338 e. The van der Waals surface area contributed by atoms with Crippen LogP contribution in [0.1, 0.15) is 20.8 Å². The Balaban J connectivity index is 2.78. The molecule has 0 N–H and O–H groups in total. The molecule has 1 heterocycles. The number of ether oxygens (including phenoxy) is 1. The van der Waals surface area contributed by atoms with E-state index in [1.54, 1.807) is 24.3 Å². The number of aromatic nitrogens is 1. The average Bonchev–Trinajstić information content (AvgIpc) is 2.36. The number of hydrogen-bond acceptors (Lipinski definition) is 4. The molecule has 0 aliphatic heterocycles. The second kappa shape index (κ2) is 4.10. The molecule has 0 atom stereocenters. The zero-order valence-electron chi connectivity index (χ0n) is 8.64. The number of rotatable bonds is 2. The molecule has 0 aliphatic carbocycles. The van der Waals surface area contributed by atoms with Gasteiger partial charge in [-0.2, -0.15) is 0 Å². The monoisotopic (exact) mass is 215 g/mol. The summed E-state index contributed by atoms with van der Waals surface area (Å²) in [6.07, 6.45) is 0.610. The van der Waals surface area contributed by atoms with Crippen molar-refractivity contribution in [2.24, 2.45) is 0 Å². The number of aldehydes is 1. The molecular formula is C12H9NO3. The number of hydrogen-bond donors (Lipinski definition) is 0. The minimum absolute atomic E-state index is 0.221. The lowest BCUT2D eigenvalue weighted by Crippen LogP contribution is -2.04. The van der Waals surface area contributed by atoms with Gasteiger partial charge in [-0.25, -0.2) is 9.78 Å². The van der Waals surface area contributed by atoms with E-state index in [0.717, 1.165) is 0 Å².